The van der Waals surface area contributed by atoms with Crippen molar-refractivity contribution in [3.63, 3.8) is 0 Å². The Morgan fingerprint density at radius 2 is 1.79 bits per heavy atom. The van der Waals surface area contributed by atoms with Crippen LogP contribution in [0.25, 0.3) is 0 Å². The topological polar surface area (TPSA) is 55.1 Å². The summed E-state index contributed by atoms with van der Waals surface area (Å²) in [4.78, 5) is 12.1. The van der Waals surface area contributed by atoms with Crippen molar-refractivity contribution in [3.05, 3.63) is 0 Å². The van der Waals surface area contributed by atoms with Crippen LogP contribution in [-0.2, 0) is 4.79 Å². The van der Waals surface area contributed by atoms with E-state index in [4.69, 9.17) is 5.73 Å². The number of nitrogens with two attached hydrogens (primary N) is 1. The maximum Gasteiger partial charge on any atom is 0.220 e. The Morgan fingerprint density at radius 3 is 2.26 bits per heavy atom. The summed E-state index contributed by atoms with van der Waals surface area (Å²) in [5, 5.41) is 3.31. The minimum absolute atomic E-state index is 0.280. The standard InChI is InChI=1S/C16H30N2O/c1-2-3-12(10-11-17)4-9-15(19)18-16(13-5-6-13)14-7-8-14/h12-14,16H,2-11,17H2,1H3,(H,18,19). The van der Waals surface area contributed by atoms with Crippen molar-refractivity contribution in [1.82, 2.24) is 5.32 Å². The number of hydrogen-bond donors (Lipinski definition) is 2. The summed E-state index contributed by atoms with van der Waals surface area (Å²) >= 11 is 0. The lowest BCUT2D eigenvalue weighted by atomic mass is 9.94. The molecule has 2 aliphatic rings. The molecule has 0 aromatic rings. The summed E-state index contributed by atoms with van der Waals surface area (Å²) in [6.45, 7) is 2.96. The van der Waals surface area contributed by atoms with Crippen LogP contribution >= 0.6 is 0 Å². The number of hydrogen-bond acceptors (Lipinski definition) is 2. The maximum atomic E-state index is 12.1. The SMILES string of the molecule is CCCC(CCN)CCC(=O)NC(C1CC1)C1CC1. The molecule has 3 N–H and O–H groups in total. The second-order valence-corrected chi connectivity index (χ2v) is 6.54. The van der Waals surface area contributed by atoms with E-state index in [-0.39, 0.29) is 5.91 Å². The number of nitrogens with one attached hydrogen (secondary N) is 1. The molecule has 2 saturated carbocycles. The summed E-state index contributed by atoms with van der Waals surface area (Å²) in [7, 11) is 0. The zero-order valence-electron chi connectivity index (χ0n) is 12.4. The van der Waals surface area contributed by atoms with Gasteiger partial charge in [-0.25, -0.2) is 0 Å². The predicted octanol–water partition coefficient (Wildman–Crippen LogP) is 2.84. The van der Waals surface area contributed by atoms with Gasteiger partial charge >= 0.3 is 0 Å². The quantitative estimate of drug-likeness (QED) is 0.639. The van der Waals surface area contributed by atoms with Gasteiger partial charge < -0.3 is 11.1 Å². The first-order valence-electron chi connectivity index (χ1n) is 8.24. The normalized spacial score (nSPS) is 20.6. The molecule has 2 fully saturated rings. The molecule has 1 atom stereocenters. The molecule has 2 rings (SSSR count). The number of carbonyl (C=O) groups is 1. The molecule has 0 radical (unpaired) electrons. The van der Waals surface area contributed by atoms with Crippen LogP contribution < -0.4 is 11.1 Å². The summed E-state index contributed by atoms with van der Waals surface area (Å²) in [5.41, 5.74) is 5.64. The lowest BCUT2D eigenvalue weighted by Crippen LogP contribution is -2.38. The molecule has 0 aromatic heterocycles. The van der Waals surface area contributed by atoms with Crippen LogP contribution in [-0.4, -0.2) is 18.5 Å². The van der Waals surface area contributed by atoms with Gasteiger partial charge in [0.05, 0.1) is 0 Å². The second-order valence-electron chi connectivity index (χ2n) is 6.54. The Balaban J connectivity index is 1.67. The fourth-order valence-electron chi connectivity index (χ4n) is 3.20. The van der Waals surface area contributed by atoms with Gasteiger partial charge in [-0.1, -0.05) is 19.8 Å². The molecule has 2 aliphatic carbocycles. The molecule has 0 bridgehead atoms. The monoisotopic (exact) mass is 266 g/mol. The second kappa shape index (κ2) is 7.28. The van der Waals surface area contributed by atoms with Crippen molar-refractivity contribution in [2.24, 2.45) is 23.5 Å². The van der Waals surface area contributed by atoms with Gasteiger partial charge in [0.25, 0.3) is 0 Å². The highest BCUT2D eigenvalue weighted by Crippen LogP contribution is 2.44. The van der Waals surface area contributed by atoms with E-state index in [2.05, 4.69) is 12.2 Å². The lowest BCUT2D eigenvalue weighted by molar-refractivity contribution is -0.122. The van der Waals surface area contributed by atoms with Crippen LogP contribution in [0.15, 0.2) is 0 Å². The number of amides is 1. The van der Waals surface area contributed by atoms with Gasteiger partial charge in [-0.15, -0.1) is 0 Å². The summed E-state index contributed by atoms with van der Waals surface area (Å²) in [6.07, 6.45) is 10.5. The Labute approximate surface area is 117 Å². The van der Waals surface area contributed by atoms with Crippen molar-refractivity contribution in [1.29, 1.82) is 0 Å². The van der Waals surface area contributed by atoms with Gasteiger partial charge in [0.15, 0.2) is 0 Å². The highest BCUT2D eigenvalue weighted by atomic mass is 16.1. The van der Waals surface area contributed by atoms with Crippen LogP contribution in [0.4, 0.5) is 0 Å². The van der Waals surface area contributed by atoms with Crippen LogP contribution in [0.3, 0.4) is 0 Å². The molecular formula is C16H30N2O. The zero-order chi connectivity index (χ0) is 13.7. The first-order chi connectivity index (χ1) is 9.24. The first kappa shape index (κ1) is 14.8. The lowest BCUT2D eigenvalue weighted by Gasteiger charge is -2.19. The first-order valence-corrected chi connectivity index (χ1v) is 8.24. The molecule has 3 nitrogen and oxygen atoms in total. The third-order valence-electron chi connectivity index (χ3n) is 4.64. The van der Waals surface area contributed by atoms with Gasteiger partial charge in [-0.2, -0.15) is 0 Å². The molecule has 0 aliphatic heterocycles. The molecule has 0 aromatic carbocycles. The molecule has 0 saturated heterocycles. The van der Waals surface area contributed by atoms with E-state index in [0.717, 1.165) is 31.2 Å². The summed E-state index contributed by atoms with van der Waals surface area (Å²) in [6, 6.07) is 0.506. The van der Waals surface area contributed by atoms with E-state index in [1.165, 1.54) is 38.5 Å². The van der Waals surface area contributed by atoms with Crippen LogP contribution in [0.5, 0.6) is 0 Å². The van der Waals surface area contributed by atoms with E-state index in [1.807, 2.05) is 0 Å². The van der Waals surface area contributed by atoms with Crippen molar-refractivity contribution in [3.8, 4) is 0 Å². The third kappa shape index (κ3) is 5.13. The summed E-state index contributed by atoms with van der Waals surface area (Å²) in [5.74, 6) is 2.52. The Hall–Kier alpha value is -0.570. The van der Waals surface area contributed by atoms with Gasteiger partial charge in [0.1, 0.15) is 0 Å². The van der Waals surface area contributed by atoms with Crippen molar-refractivity contribution in [2.75, 3.05) is 6.54 Å². The molecule has 3 heteroatoms. The molecule has 0 heterocycles. The predicted molar refractivity (Wildman–Crippen MR) is 78.7 cm³/mol. The maximum absolute atomic E-state index is 12.1. The minimum atomic E-state index is 0.280. The van der Waals surface area contributed by atoms with E-state index in [1.54, 1.807) is 0 Å². The number of rotatable bonds is 10. The van der Waals surface area contributed by atoms with Crippen LogP contribution in [0.1, 0.15) is 64.7 Å². The third-order valence-corrected chi connectivity index (χ3v) is 4.64. The average molecular weight is 266 g/mol. The molecule has 19 heavy (non-hydrogen) atoms. The fraction of sp³-hybridized carbons (Fsp3) is 0.938. The Morgan fingerprint density at radius 1 is 1.16 bits per heavy atom. The van der Waals surface area contributed by atoms with E-state index < -0.39 is 0 Å². The fourth-order valence-corrected chi connectivity index (χ4v) is 3.20. The van der Waals surface area contributed by atoms with E-state index in [0.29, 0.717) is 18.4 Å². The van der Waals surface area contributed by atoms with Gasteiger partial charge in [0, 0.05) is 12.5 Å². The van der Waals surface area contributed by atoms with Crippen LogP contribution in [0, 0.1) is 17.8 Å². The van der Waals surface area contributed by atoms with E-state index in [9.17, 15) is 4.79 Å². The van der Waals surface area contributed by atoms with Crippen LogP contribution in [0.2, 0.25) is 0 Å². The molecule has 0 spiro atoms. The van der Waals surface area contributed by atoms with E-state index >= 15 is 0 Å². The Bertz CT molecular complexity index is 266. The van der Waals surface area contributed by atoms with Gasteiger partial charge in [-0.05, 0) is 62.8 Å². The zero-order valence-corrected chi connectivity index (χ0v) is 12.4. The minimum Gasteiger partial charge on any atom is -0.353 e. The highest BCUT2D eigenvalue weighted by Gasteiger charge is 2.42. The van der Waals surface area contributed by atoms with Gasteiger partial charge in [0.2, 0.25) is 5.91 Å². The molecular weight excluding hydrogens is 236 g/mol. The van der Waals surface area contributed by atoms with Gasteiger partial charge in [-0.3, -0.25) is 4.79 Å². The van der Waals surface area contributed by atoms with Crippen molar-refractivity contribution in [2.45, 2.75) is 70.8 Å². The van der Waals surface area contributed by atoms with Crippen molar-refractivity contribution < 1.29 is 4.79 Å². The summed E-state index contributed by atoms with van der Waals surface area (Å²) < 4.78 is 0. The van der Waals surface area contributed by atoms with Crippen molar-refractivity contribution >= 4 is 5.91 Å². The highest BCUT2D eigenvalue weighted by molar-refractivity contribution is 5.76. The molecule has 1 unspecified atom stereocenters. The molecule has 110 valence electrons. The average Bonchev–Trinajstić information content (AvgIpc) is 3.27. The number of carbonyl (C=O) groups excluding carboxylic acids is 1. The Kier molecular flexibility index (Phi) is 5.68. The smallest absolute Gasteiger partial charge is 0.220 e. The molecule has 1 amide bonds. The largest absolute Gasteiger partial charge is 0.353 e.